The summed E-state index contributed by atoms with van der Waals surface area (Å²) >= 11 is 1.65. The highest BCUT2D eigenvalue weighted by atomic mass is 32.1. The molecule has 1 unspecified atom stereocenters. The van der Waals surface area contributed by atoms with E-state index in [1.54, 1.807) is 11.3 Å². The zero-order valence-electron chi connectivity index (χ0n) is 9.44. The minimum atomic E-state index is 0.506. The van der Waals surface area contributed by atoms with Gasteiger partial charge in [-0.25, -0.2) is 4.98 Å². The molecule has 1 heterocycles. The Labute approximate surface area is 95.8 Å². The molecular formula is C11H19N3S. The normalized spacial score (nSPS) is 13.0. The summed E-state index contributed by atoms with van der Waals surface area (Å²) in [6.45, 7) is 8.66. The highest BCUT2D eigenvalue weighted by Crippen LogP contribution is 2.06. The van der Waals surface area contributed by atoms with Gasteiger partial charge in [-0.05, 0) is 14.0 Å². The molecule has 1 aromatic heterocycles. The fourth-order valence-electron chi connectivity index (χ4n) is 1.28. The molecular weight excluding hydrogens is 206 g/mol. The summed E-state index contributed by atoms with van der Waals surface area (Å²) in [5, 5.41) is 5.42. The zero-order valence-corrected chi connectivity index (χ0v) is 10.3. The van der Waals surface area contributed by atoms with Crippen molar-refractivity contribution in [3.8, 4) is 0 Å². The van der Waals surface area contributed by atoms with Gasteiger partial charge in [0.15, 0.2) is 0 Å². The Bertz CT molecular complexity index is 271. The highest BCUT2D eigenvalue weighted by molar-refractivity contribution is 7.07. The maximum atomic E-state index is 4.28. The van der Waals surface area contributed by atoms with Crippen LogP contribution in [0.1, 0.15) is 12.6 Å². The lowest BCUT2D eigenvalue weighted by Crippen LogP contribution is -2.37. The van der Waals surface area contributed by atoms with E-state index >= 15 is 0 Å². The Kier molecular flexibility index (Phi) is 5.53. The van der Waals surface area contributed by atoms with Gasteiger partial charge in [0.2, 0.25) is 0 Å². The minimum absolute atomic E-state index is 0.506. The Morgan fingerprint density at radius 3 is 3.13 bits per heavy atom. The minimum Gasteiger partial charge on any atom is -0.312 e. The number of nitrogens with zero attached hydrogens (tertiary/aromatic N) is 2. The molecule has 0 radical (unpaired) electrons. The summed E-state index contributed by atoms with van der Waals surface area (Å²) in [5.74, 6) is 0. The number of thiazole rings is 1. The second-order valence-electron chi connectivity index (χ2n) is 3.69. The van der Waals surface area contributed by atoms with Crippen LogP contribution in [0.3, 0.4) is 0 Å². The standard InChI is InChI=1S/C11H19N3S/c1-4-5-12-6-10(2)14(3)7-11-8-15-9-13-11/h4,8-10,12H,1,5-7H2,2-3H3. The molecule has 0 aliphatic heterocycles. The number of hydrogen-bond acceptors (Lipinski definition) is 4. The molecule has 4 heteroatoms. The lowest BCUT2D eigenvalue weighted by Gasteiger charge is -2.23. The summed E-state index contributed by atoms with van der Waals surface area (Å²) in [6.07, 6.45) is 1.88. The number of likely N-dealkylation sites (N-methyl/N-ethyl adjacent to an activating group) is 1. The molecule has 1 rings (SSSR count). The van der Waals surface area contributed by atoms with Crippen LogP contribution in [-0.4, -0.2) is 36.1 Å². The lowest BCUT2D eigenvalue weighted by atomic mass is 10.3. The first-order chi connectivity index (χ1) is 7.24. The van der Waals surface area contributed by atoms with Crippen LogP contribution in [-0.2, 0) is 6.54 Å². The first-order valence-corrected chi connectivity index (χ1v) is 6.07. The highest BCUT2D eigenvalue weighted by Gasteiger charge is 2.09. The third kappa shape index (κ3) is 4.55. The Morgan fingerprint density at radius 1 is 1.73 bits per heavy atom. The molecule has 0 aliphatic carbocycles. The molecule has 0 fully saturated rings. The molecule has 3 nitrogen and oxygen atoms in total. The molecule has 0 bridgehead atoms. The van der Waals surface area contributed by atoms with E-state index in [-0.39, 0.29) is 0 Å². The SMILES string of the molecule is C=CCNCC(C)N(C)Cc1cscn1. The van der Waals surface area contributed by atoms with Crippen molar-refractivity contribution < 1.29 is 0 Å². The summed E-state index contributed by atoms with van der Waals surface area (Å²) in [7, 11) is 2.12. The van der Waals surface area contributed by atoms with Crippen molar-refractivity contribution in [1.82, 2.24) is 15.2 Å². The molecule has 0 spiro atoms. The summed E-state index contributed by atoms with van der Waals surface area (Å²) in [4.78, 5) is 6.57. The monoisotopic (exact) mass is 225 g/mol. The van der Waals surface area contributed by atoms with Gasteiger partial charge in [0, 0.05) is 31.1 Å². The van der Waals surface area contributed by atoms with Gasteiger partial charge in [0.1, 0.15) is 0 Å². The Hall–Kier alpha value is -0.710. The van der Waals surface area contributed by atoms with Crippen molar-refractivity contribution in [3.05, 3.63) is 29.2 Å². The molecule has 0 amide bonds. The van der Waals surface area contributed by atoms with Crippen LogP contribution in [0.5, 0.6) is 0 Å². The molecule has 1 atom stereocenters. The van der Waals surface area contributed by atoms with E-state index in [0.29, 0.717) is 6.04 Å². The van der Waals surface area contributed by atoms with Crippen LogP contribution in [0, 0.1) is 0 Å². The van der Waals surface area contributed by atoms with E-state index in [4.69, 9.17) is 0 Å². The predicted octanol–water partition coefficient (Wildman–Crippen LogP) is 1.74. The molecule has 0 saturated carbocycles. The fraction of sp³-hybridized carbons (Fsp3) is 0.545. The van der Waals surface area contributed by atoms with Gasteiger partial charge in [-0.3, -0.25) is 4.90 Å². The number of hydrogen-bond donors (Lipinski definition) is 1. The quantitative estimate of drug-likeness (QED) is 0.566. The molecule has 0 aliphatic rings. The van der Waals surface area contributed by atoms with Gasteiger partial charge in [-0.1, -0.05) is 6.08 Å². The topological polar surface area (TPSA) is 28.2 Å². The van der Waals surface area contributed by atoms with E-state index in [2.05, 4.69) is 41.1 Å². The van der Waals surface area contributed by atoms with Crippen molar-refractivity contribution in [2.24, 2.45) is 0 Å². The van der Waals surface area contributed by atoms with Crippen molar-refractivity contribution in [1.29, 1.82) is 0 Å². The van der Waals surface area contributed by atoms with Gasteiger partial charge in [0.25, 0.3) is 0 Å². The van der Waals surface area contributed by atoms with Crippen molar-refractivity contribution in [3.63, 3.8) is 0 Å². The molecule has 0 saturated heterocycles. The first-order valence-electron chi connectivity index (χ1n) is 5.13. The summed E-state index contributed by atoms with van der Waals surface area (Å²) < 4.78 is 0. The lowest BCUT2D eigenvalue weighted by molar-refractivity contribution is 0.242. The number of aromatic nitrogens is 1. The zero-order chi connectivity index (χ0) is 11.1. The fourth-order valence-corrected chi connectivity index (χ4v) is 1.83. The van der Waals surface area contributed by atoms with Crippen LogP contribution in [0.4, 0.5) is 0 Å². The van der Waals surface area contributed by atoms with Crippen molar-refractivity contribution >= 4 is 11.3 Å². The molecule has 1 N–H and O–H groups in total. The molecule has 1 aromatic rings. The Balaban J connectivity index is 2.26. The van der Waals surface area contributed by atoms with Crippen LogP contribution >= 0.6 is 11.3 Å². The van der Waals surface area contributed by atoms with E-state index in [9.17, 15) is 0 Å². The predicted molar refractivity (Wildman–Crippen MR) is 66.1 cm³/mol. The molecule has 84 valence electrons. The van der Waals surface area contributed by atoms with E-state index < -0.39 is 0 Å². The third-order valence-corrected chi connectivity index (χ3v) is 3.01. The van der Waals surface area contributed by atoms with Crippen LogP contribution in [0.15, 0.2) is 23.5 Å². The first kappa shape index (κ1) is 12.4. The van der Waals surface area contributed by atoms with Gasteiger partial charge < -0.3 is 5.32 Å². The molecule has 0 aromatic carbocycles. The van der Waals surface area contributed by atoms with Crippen LogP contribution in [0.2, 0.25) is 0 Å². The number of nitrogens with one attached hydrogen (secondary N) is 1. The van der Waals surface area contributed by atoms with Gasteiger partial charge >= 0.3 is 0 Å². The van der Waals surface area contributed by atoms with Crippen LogP contribution < -0.4 is 5.32 Å². The van der Waals surface area contributed by atoms with Gasteiger partial charge in [-0.15, -0.1) is 17.9 Å². The van der Waals surface area contributed by atoms with Gasteiger partial charge in [-0.2, -0.15) is 0 Å². The van der Waals surface area contributed by atoms with E-state index in [1.165, 1.54) is 0 Å². The van der Waals surface area contributed by atoms with Gasteiger partial charge in [0.05, 0.1) is 11.2 Å². The smallest absolute Gasteiger partial charge is 0.0795 e. The maximum Gasteiger partial charge on any atom is 0.0795 e. The maximum absolute atomic E-state index is 4.28. The van der Waals surface area contributed by atoms with E-state index in [1.807, 2.05) is 11.6 Å². The summed E-state index contributed by atoms with van der Waals surface area (Å²) in [6, 6.07) is 0.506. The molecule has 15 heavy (non-hydrogen) atoms. The van der Waals surface area contributed by atoms with Crippen molar-refractivity contribution in [2.45, 2.75) is 19.5 Å². The van der Waals surface area contributed by atoms with Crippen molar-refractivity contribution in [2.75, 3.05) is 20.1 Å². The number of rotatable bonds is 7. The average molecular weight is 225 g/mol. The third-order valence-electron chi connectivity index (χ3n) is 2.38. The Morgan fingerprint density at radius 2 is 2.53 bits per heavy atom. The second-order valence-corrected chi connectivity index (χ2v) is 4.41. The second kappa shape index (κ2) is 6.71. The average Bonchev–Trinajstić information content (AvgIpc) is 2.70. The van der Waals surface area contributed by atoms with E-state index in [0.717, 1.165) is 25.3 Å². The van der Waals surface area contributed by atoms with Crippen LogP contribution in [0.25, 0.3) is 0 Å². The summed E-state index contributed by atoms with van der Waals surface area (Å²) in [5.41, 5.74) is 3.03. The largest absolute Gasteiger partial charge is 0.312 e.